The molecule has 33 heavy (non-hydrogen) atoms. The molecule has 4 N–H and O–H groups in total. The number of carbonyl (C=O) groups is 1. The maximum absolute atomic E-state index is 13.6. The average molecular weight is 469 g/mol. The zero-order valence-corrected chi connectivity index (χ0v) is 20.1. The molecule has 4 fully saturated rings. The van der Waals surface area contributed by atoms with Crippen molar-refractivity contribution in [3.8, 4) is 0 Å². The van der Waals surface area contributed by atoms with Crippen LogP contribution in [0.5, 0.6) is 0 Å². The second kappa shape index (κ2) is 9.58. The van der Waals surface area contributed by atoms with Gasteiger partial charge in [-0.15, -0.1) is 11.3 Å². The number of piperidine rings is 2. The van der Waals surface area contributed by atoms with Crippen LogP contribution in [0.15, 0.2) is 24.3 Å². The van der Waals surface area contributed by atoms with E-state index in [0.717, 1.165) is 59.7 Å². The molecule has 1 aromatic carbocycles. The number of likely N-dealkylation sites (tertiary alicyclic amines) is 1. The van der Waals surface area contributed by atoms with E-state index >= 15 is 0 Å². The molecule has 178 valence electrons. The normalized spacial score (nSPS) is 35.8. The molecule has 8 heteroatoms. The van der Waals surface area contributed by atoms with Crippen LogP contribution in [0.2, 0.25) is 0 Å². The Kier molecular flexibility index (Phi) is 6.36. The third-order valence-electron chi connectivity index (χ3n) is 8.21. The molecule has 7 nitrogen and oxygen atoms in total. The summed E-state index contributed by atoms with van der Waals surface area (Å²) in [6.45, 7) is 4.18. The van der Waals surface area contributed by atoms with Crippen molar-refractivity contribution in [3.05, 3.63) is 29.3 Å². The van der Waals surface area contributed by atoms with Crippen molar-refractivity contribution in [2.75, 3.05) is 26.2 Å². The fraction of sp³-hybridized carbons (Fsp3) is 0.680. The number of aromatic nitrogens is 1. The third kappa shape index (κ3) is 4.56. The highest BCUT2D eigenvalue weighted by Crippen LogP contribution is 2.37. The Labute approximate surface area is 200 Å². The molecule has 4 aliphatic rings. The minimum Gasteiger partial charge on any atom is -0.327 e. The number of rotatable bonds is 4. The molecule has 0 spiro atoms. The lowest BCUT2D eigenvalue weighted by Gasteiger charge is -2.48. The minimum atomic E-state index is -0.326. The molecule has 2 aromatic rings. The summed E-state index contributed by atoms with van der Waals surface area (Å²) in [7, 11) is 0. The minimum absolute atomic E-state index is 0.0878. The molecule has 1 amide bonds. The molecule has 6 rings (SSSR count). The van der Waals surface area contributed by atoms with Gasteiger partial charge in [-0.25, -0.2) is 4.98 Å². The highest BCUT2D eigenvalue weighted by Gasteiger charge is 2.43. The number of hydrogen-bond donors (Lipinski definition) is 4. The van der Waals surface area contributed by atoms with Crippen molar-refractivity contribution in [2.45, 2.75) is 69.4 Å². The van der Waals surface area contributed by atoms with Crippen LogP contribution >= 0.6 is 11.3 Å². The van der Waals surface area contributed by atoms with E-state index in [2.05, 4.69) is 32.2 Å². The summed E-state index contributed by atoms with van der Waals surface area (Å²) in [5, 5.41) is 15.4. The summed E-state index contributed by atoms with van der Waals surface area (Å²) in [5.41, 5.74) is 0.977. The summed E-state index contributed by atoms with van der Waals surface area (Å²) in [5.74, 6) is 1.42. The SMILES string of the molecule is O=C1NC(N2CCC3CCCCC3C2)NC(N[C@@H]2CCCNC2)C1c1nc2ccccc2s1. The Morgan fingerprint density at radius 1 is 1.06 bits per heavy atom. The van der Waals surface area contributed by atoms with Crippen LogP contribution in [0.4, 0.5) is 0 Å². The smallest absolute Gasteiger partial charge is 0.235 e. The summed E-state index contributed by atoms with van der Waals surface area (Å²) < 4.78 is 1.14. The van der Waals surface area contributed by atoms with E-state index in [0.29, 0.717) is 6.04 Å². The average Bonchev–Trinajstić information content (AvgIpc) is 3.28. The fourth-order valence-electron chi connectivity index (χ4n) is 6.41. The Bertz CT molecular complexity index is 942. The second-order valence-corrected chi connectivity index (χ2v) is 11.4. The van der Waals surface area contributed by atoms with Crippen molar-refractivity contribution in [1.82, 2.24) is 31.2 Å². The highest BCUT2D eigenvalue weighted by molar-refractivity contribution is 7.18. The number of carbonyl (C=O) groups excluding carboxylic acids is 1. The van der Waals surface area contributed by atoms with E-state index in [1.54, 1.807) is 11.3 Å². The molecule has 4 heterocycles. The standard InChI is InChI=1S/C25H36N6OS/c32-23-21(24-28-19-9-3-4-10-20(19)33-24)22(27-18-8-5-12-26-14-18)29-25(30-23)31-13-11-16-6-1-2-7-17(16)15-31/h3-4,9-10,16-18,21-22,25-27,29H,1-2,5-8,11-15H2,(H,30,32)/t16?,17?,18-,21?,22?,25?/m1/s1. The monoisotopic (exact) mass is 468 g/mol. The van der Waals surface area contributed by atoms with Gasteiger partial charge in [-0.1, -0.05) is 31.4 Å². The molecular weight excluding hydrogens is 432 g/mol. The van der Waals surface area contributed by atoms with Crippen molar-refractivity contribution in [2.24, 2.45) is 11.8 Å². The van der Waals surface area contributed by atoms with Gasteiger partial charge in [0.1, 0.15) is 17.2 Å². The maximum Gasteiger partial charge on any atom is 0.235 e. The quantitative estimate of drug-likeness (QED) is 0.552. The Morgan fingerprint density at radius 2 is 1.94 bits per heavy atom. The molecule has 6 atom stereocenters. The molecule has 1 aliphatic carbocycles. The van der Waals surface area contributed by atoms with Crippen LogP contribution in [0.3, 0.4) is 0 Å². The lowest BCUT2D eigenvalue weighted by atomic mass is 9.75. The van der Waals surface area contributed by atoms with Gasteiger partial charge in [-0.3, -0.25) is 20.3 Å². The summed E-state index contributed by atoms with van der Waals surface area (Å²) in [6.07, 6.45) is 8.80. The fourth-order valence-corrected chi connectivity index (χ4v) is 7.52. The predicted octanol–water partition coefficient (Wildman–Crippen LogP) is 2.56. The van der Waals surface area contributed by atoms with Gasteiger partial charge >= 0.3 is 0 Å². The number of para-hydroxylation sites is 1. The molecular formula is C25H36N6OS. The maximum atomic E-state index is 13.6. The molecule has 3 saturated heterocycles. The Balaban J connectivity index is 1.24. The van der Waals surface area contributed by atoms with Gasteiger partial charge in [-0.2, -0.15) is 0 Å². The van der Waals surface area contributed by atoms with E-state index in [9.17, 15) is 4.79 Å². The van der Waals surface area contributed by atoms with Gasteiger partial charge < -0.3 is 10.6 Å². The zero-order valence-electron chi connectivity index (χ0n) is 19.3. The van der Waals surface area contributed by atoms with Crippen LogP contribution < -0.4 is 21.3 Å². The topological polar surface area (TPSA) is 81.3 Å². The molecule has 1 aromatic heterocycles. The number of nitrogens with one attached hydrogen (secondary N) is 4. The van der Waals surface area contributed by atoms with Crippen molar-refractivity contribution in [3.63, 3.8) is 0 Å². The molecule has 0 radical (unpaired) electrons. The van der Waals surface area contributed by atoms with E-state index < -0.39 is 0 Å². The summed E-state index contributed by atoms with van der Waals surface area (Å²) >= 11 is 1.64. The number of hydrogen-bond acceptors (Lipinski definition) is 7. The van der Waals surface area contributed by atoms with E-state index in [1.165, 1.54) is 38.5 Å². The second-order valence-electron chi connectivity index (χ2n) is 10.4. The first kappa shape index (κ1) is 21.9. The van der Waals surface area contributed by atoms with Crippen LogP contribution in [-0.4, -0.2) is 60.5 Å². The molecule has 5 unspecified atom stereocenters. The van der Waals surface area contributed by atoms with Crippen molar-refractivity contribution >= 4 is 27.5 Å². The van der Waals surface area contributed by atoms with Gasteiger partial charge in [-0.05, 0) is 56.2 Å². The first-order valence-corrected chi connectivity index (χ1v) is 13.7. The van der Waals surface area contributed by atoms with Crippen molar-refractivity contribution in [1.29, 1.82) is 0 Å². The highest BCUT2D eigenvalue weighted by atomic mass is 32.1. The lowest BCUT2D eigenvalue weighted by molar-refractivity contribution is -0.130. The predicted molar refractivity (Wildman–Crippen MR) is 132 cm³/mol. The van der Waals surface area contributed by atoms with Gasteiger partial charge in [0.2, 0.25) is 5.91 Å². The van der Waals surface area contributed by atoms with E-state index in [1.807, 2.05) is 18.2 Å². The third-order valence-corrected chi connectivity index (χ3v) is 9.33. The Hall–Kier alpha value is -1.58. The van der Waals surface area contributed by atoms with Crippen LogP contribution in [-0.2, 0) is 4.79 Å². The first-order valence-electron chi connectivity index (χ1n) is 12.9. The number of thiazole rings is 1. The van der Waals surface area contributed by atoms with E-state index in [4.69, 9.17) is 4.98 Å². The van der Waals surface area contributed by atoms with Gasteiger partial charge in [0.05, 0.1) is 16.4 Å². The molecule has 3 aliphatic heterocycles. The van der Waals surface area contributed by atoms with Crippen LogP contribution in [0.25, 0.3) is 10.2 Å². The number of nitrogens with zero attached hydrogens (tertiary/aromatic N) is 2. The number of fused-ring (bicyclic) bond motifs is 2. The van der Waals surface area contributed by atoms with E-state index in [-0.39, 0.29) is 24.3 Å². The molecule has 0 bridgehead atoms. The van der Waals surface area contributed by atoms with Gasteiger partial charge in [0, 0.05) is 25.7 Å². The Morgan fingerprint density at radius 3 is 2.79 bits per heavy atom. The largest absolute Gasteiger partial charge is 0.327 e. The zero-order chi connectivity index (χ0) is 22.2. The van der Waals surface area contributed by atoms with Crippen LogP contribution in [0, 0.1) is 11.8 Å². The van der Waals surface area contributed by atoms with Gasteiger partial charge in [0.25, 0.3) is 0 Å². The van der Waals surface area contributed by atoms with Crippen LogP contribution in [0.1, 0.15) is 55.9 Å². The number of benzene rings is 1. The number of amides is 1. The van der Waals surface area contributed by atoms with Crippen molar-refractivity contribution < 1.29 is 4.79 Å². The molecule has 1 saturated carbocycles. The lowest BCUT2D eigenvalue weighted by Crippen LogP contribution is -2.72. The van der Waals surface area contributed by atoms with Gasteiger partial charge in [0.15, 0.2) is 0 Å². The first-order chi connectivity index (χ1) is 16.2. The summed E-state index contributed by atoms with van der Waals surface area (Å²) in [4.78, 5) is 20.9. The summed E-state index contributed by atoms with van der Waals surface area (Å²) in [6, 6.07) is 8.55.